The number of aromatic nitrogens is 2. The van der Waals surface area contributed by atoms with E-state index in [2.05, 4.69) is 15.7 Å². The molecule has 1 aliphatic rings. The number of nitrogens with one attached hydrogen (secondary N) is 2. The number of nitrogens with zero attached hydrogens (tertiary/aromatic N) is 2. The summed E-state index contributed by atoms with van der Waals surface area (Å²) in [4.78, 5) is 12.0. The van der Waals surface area contributed by atoms with E-state index in [0.29, 0.717) is 18.7 Å². The molecule has 0 radical (unpaired) electrons. The highest BCUT2D eigenvalue weighted by Gasteiger charge is 2.21. The van der Waals surface area contributed by atoms with E-state index in [4.69, 9.17) is 4.74 Å². The second-order valence-corrected chi connectivity index (χ2v) is 4.83. The monoisotopic (exact) mass is 308 g/mol. The maximum Gasteiger partial charge on any atom is 0.323 e. The van der Waals surface area contributed by atoms with Crippen molar-refractivity contribution < 1.29 is 18.3 Å². The molecule has 3 rings (SSSR count). The van der Waals surface area contributed by atoms with E-state index in [1.807, 2.05) is 6.07 Å². The van der Waals surface area contributed by atoms with Gasteiger partial charge in [0.25, 0.3) is 6.43 Å². The zero-order valence-corrected chi connectivity index (χ0v) is 11.8. The second kappa shape index (κ2) is 5.63. The summed E-state index contributed by atoms with van der Waals surface area (Å²) in [5.74, 6) is 0.729. The SMILES string of the molecule is Cn1ncc(NC(=O)Nc2cccc3c2CCO3)c1C(F)F. The fraction of sp³-hybridized carbons (Fsp3) is 0.286. The zero-order chi connectivity index (χ0) is 15.7. The molecule has 2 amide bonds. The van der Waals surface area contributed by atoms with Crippen molar-refractivity contribution in [2.75, 3.05) is 17.2 Å². The van der Waals surface area contributed by atoms with Crippen LogP contribution in [0.5, 0.6) is 5.75 Å². The molecule has 6 nitrogen and oxygen atoms in total. The lowest BCUT2D eigenvalue weighted by molar-refractivity contribution is 0.141. The van der Waals surface area contributed by atoms with Crippen molar-refractivity contribution in [3.8, 4) is 5.75 Å². The number of carbonyl (C=O) groups is 1. The topological polar surface area (TPSA) is 68.2 Å². The Labute approximate surface area is 125 Å². The van der Waals surface area contributed by atoms with Gasteiger partial charge < -0.3 is 15.4 Å². The van der Waals surface area contributed by atoms with Gasteiger partial charge in [-0.15, -0.1) is 0 Å². The average molecular weight is 308 g/mol. The molecule has 0 saturated heterocycles. The Kier molecular flexibility index (Phi) is 3.66. The Balaban J connectivity index is 1.75. The molecule has 0 spiro atoms. The molecule has 0 fully saturated rings. The molecule has 0 atom stereocenters. The minimum Gasteiger partial charge on any atom is -0.493 e. The normalized spacial score (nSPS) is 12.9. The number of halogens is 2. The lowest BCUT2D eigenvalue weighted by Crippen LogP contribution is -2.21. The lowest BCUT2D eigenvalue weighted by Gasteiger charge is -2.11. The zero-order valence-electron chi connectivity index (χ0n) is 11.8. The van der Waals surface area contributed by atoms with E-state index < -0.39 is 12.5 Å². The maximum atomic E-state index is 12.9. The number of aryl methyl sites for hydroxylation is 1. The van der Waals surface area contributed by atoms with Gasteiger partial charge in [-0.3, -0.25) is 4.68 Å². The fourth-order valence-corrected chi connectivity index (χ4v) is 2.42. The number of ether oxygens (including phenoxy) is 1. The Bertz CT molecular complexity index is 715. The number of anilines is 2. The van der Waals surface area contributed by atoms with Crippen molar-refractivity contribution in [3.63, 3.8) is 0 Å². The quantitative estimate of drug-likeness (QED) is 0.916. The third-order valence-electron chi connectivity index (χ3n) is 3.43. The molecule has 1 aromatic carbocycles. The van der Waals surface area contributed by atoms with Gasteiger partial charge in [0, 0.05) is 24.7 Å². The molecule has 1 aliphatic heterocycles. The van der Waals surface area contributed by atoms with Crippen molar-refractivity contribution in [2.45, 2.75) is 12.8 Å². The van der Waals surface area contributed by atoms with Crippen LogP contribution in [0.1, 0.15) is 17.7 Å². The van der Waals surface area contributed by atoms with E-state index in [1.54, 1.807) is 12.1 Å². The van der Waals surface area contributed by atoms with Gasteiger partial charge in [0.05, 0.1) is 18.5 Å². The van der Waals surface area contributed by atoms with Gasteiger partial charge in [0.15, 0.2) is 0 Å². The van der Waals surface area contributed by atoms with Gasteiger partial charge in [-0.1, -0.05) is 6.07 Å². The summed E-state index contributed by atoms with van der Waals surface area (Å²) >= 11 is 0. The van der Waals surface area contributed by atoms with Crippen LogP contribution in [-0.4, -0.2) is 22.4 Å². The van der Waals surface area contributed by atoms with Crippen molar-refractivity contribution >= 4 is 17.4 Å². The fourth-order valence-electron chi connectivity index (χ4n) is 2.42. The molecule has 0 aliphatic carbocycles. The smallest absolute Gasteiger partial charge is 0.323 e. The third kappa shape index (κ3) is 2.59. The van der Waals surface area contributed by atoms with Gasteiger partial charge in [-0.25, -0.2) is 13.6 Å². The van der Waals surface area contributed by atoms with Gasteiger partial charge in [-0.05, 0) is 12.1 Å². The summed E-state index contributed by atoms with van der Waals surface area (Å²) in [5.41, 5.74) is 1.16. The predicted octanol–water partition coefficient (Wildman–Crippen LogP) is 2.94. The largest absolute Gasteiger partial charge is 0.493 e. The van der Waals surface area contributed by atoms with E-state index in [1.165, 1.54) is 13.2 Å². The highest BCUT2D eigenvalue weighted by Crippen LogP contribution is 2.32. The van der Waals surface area contributed by atoms with Crippen LogP contribution in [0.2, 0.25) is 0 Å². The highest BCUT2D eigenvalue weighted by molar-refractivity contribution is 6.00. The van der Waals surface area contributed by atoms with Crippen molar-refractivity contribution in [2.24, 2.45) is 7.05 Å². The van der Waals surface area contributed by atoms with Crippen LogP contribution in [0.25, 0.3) is 0 Å². The number of rotatable bonds is 3. The number of benzene rings is 1. The summed E-state index contributed by atoms with van der Waals surface area (Å²) in [6, 6.07) is 4.72. The molecule has 0 unspecified atom stereocenters. The van der Waals surface area contributed by atoms with Crippen molar-refractivity contribution in [1.82, 2.24) is 9.78 Å². The number of hydrogen-bond donors (Lipinski definition) is 2. The van der Waals surface area contributed by atoms with Crippen LogP contribution in [0.15, 0.2) is 24.4 Å². The van der Waals surface area contributed by atoms with Crippen molar-refractivity contribution in [3.05, 3.63) is 35.7 Å². The number of carbonyl (C=O) groups excluding carboxylic acids is 1. The summed E-state index contributed by atoms with van der Waals surface area (Å²) in [6.07, 6.45) is -0.835. The number of hydrogen-bond acceptors (Lipinski definition) is 3. The number of urea groups is 1. The molecule has 8 heteroatoms. The van der Waals surface area contributed by atoms with Gasteiger partial charge in [-0.2, -0.15) is 5.10 Å². The van der Waals surface area contributed by atoms with Crippen LogP contribution >= 0.6 is 0 Å². The predicted molar refractivity (Wildman–Crippen MR) is 76.4 cm³/mol. The van der Waals surface area contributed by atoms with Crippen LogP contribution < -0.4 is 15.4 Å². The molecule has 0 saturated carbocycles. The molecule has 1 aromatic heterocycles. The first-order valence-corrected chi connectivity index (χ1v) is 6.69. The molecule has 2 heterocycles. The molecule has 0 bridgehead atoms. The van der Waals surface area contributed by atoms with E-state index in [-0.39, 0.29) is 11.4 Å². The molecule has 2 aromatic rings. The molecule has 22 heavy (non-hydrogen) atoms. The van der Waals surface area contributed by atoms with Crippen LogP contribution in [0.3, 0.4) is 0 Å². The van der Waals surface area contributed by atoms with Gasteiger partial charge in [0.1, 0.15) is 11.4 Å². The summed E-state index contributed by atoms with van der Waals surface area (Å²) in [7, 11) is 1.39. The minimum absolute atomic E-state index is 0.0150. The molecular formula is C14H14F2N4O2. The Morgan fingerprint density at radius 2 is 2.14 bits per heavy atom. The molecule has 2 N–H and O–H groups in total. The van der Waals surface area contributed by atoms with Crippen molar-refractivity contribution in [1.29, 1.82) is 0 Å². The summed E-state index contributed by atoms with van der Waals surface area (Å²) in [5, 5.41) is 8.78. The average Bonchev–Trinajstić information content (AvgIpc) is 3.06. The summed E-state index contributed by atoms with van der Waals surface area (Å²) < 4.78 is 32.3. The number of amides is 2. The lowest BCUT2D eigenvalue weighted by atomic mass is 10.1. The first-order chi connectivity index (χ1) is 10.6. The van der Waals surface area contributed by atoms with Gasteiger partial charge >= 0.3 is 6.03 Å². The van der Waals surface area contributed by atoms with Crippen LogP contribution in [0.4, 0.5) is 25.0 Å². The highest BCUT2D eigenvalue weighted by atomic mass is 19.3. The Hall–Kier alpha value is -2.64. The first kappa shape index (κ1) is 14.3. The molecule has 116 valence electrons. The first-order valence-electron chi connectivity index (χ1n) is 6.69. The standard InChI is InChI=1S/C14H14F2N4O2/c1-20-12(13(15)16)10(7-17-20)19-14(21)18-9-3-2-4-11-8(9)5-6-22-11/h2-4,7,13H,5-6H2,1H3,(H2,18,19,21). The Morgan fingerprint density at radius 3 is 2.91 bits per heavy atom. The van der Waals surface area contributed by atoms with E-state index in [0.717, 1.165) is 16.0 Å². The van der Waals surface area contributed by atoms with Crippen LogP contribution in [-0.2, 0) is 13.5 Å². The second-order valence-electron chi connectivity index (χ2n) is 4.83. The maximum absolute atomic E-state index is 12.9. The Morgan fingerprint density at radius 1 is 1.36 bits per heavy atom. The number of fused-ring (bicyclic) bond motifs is 1. The third-order valence-corrected chi connectivity index (χ3v) is 3.43. The molecular weight excluding hydrogens is 294 g/mol. The van der Waals surface area contributed by atoms with E-state index >= 15 is 0 Å². The minimum atomic E-state index is -2.72. The van der Waals surface area contributed by atoms with Crippen LogP contribution in [0, 0.1) is 0 Å². The van der Waals surface area contributed by atoms with Gasteiger partial charge in [0.2, 0.25) is 0 Å². The summed E-state index contributed by atoms with van der Waals surface area (Å²) in [6.45, 7) is 0.563. The number of alkyl halides is 2. The van der Waals surface area contributed by atoms with E-state index in [9.17, 15) is 13.6 Å².